The lowest BCUT2D eigenvalue weighted by Gasteiger charge is -2.50. The number of hydrogen-bond acceptors (Lipinski definition) is 2. The Morgan fingerprint density at radius 3 is 1.89 bits per heavy atom. The van der Waals surface area contributed by atoms with Crippen LogP contribution in [0.1, 0.15) is 53.4 Å². The summed E-state index contributed by atoms with van der Waals surface area (Å²) in [7, 11) is -1.04. The molecule has 0 saturated heterocycles. The second-order valence-corrected chi connectivity index (χ2v) is 9.76. The number of aliphatic hydroxyl groups is 1. The van der Waals surface area contributed by atoms with Gasteiger partial charge in [-0.05, 0) is 63.0 Å². The third-order valence-electron chi connectivity index (χ3n) is 4.85. The first-order chi connectivity index (χ1) is 8.20. The number of hydrogen-bond donors (Lipinski definition) is 1. The SMILES string of the molecule is C[SiH](C)OC(C)([C@H]1CC[C@H](CO)CC1)C(C)(C)C. The fraction of sp³-hybridized carbons (Fsp3) is 1.00. The van der Waals surface area contributed by atoms with Gasteiger partial charge in [-0.1, -0.05) is 20.8 Å². The molecule has 3 heteroatoms. The molecule has 18 heavy (non-hydrogen) atoms. The van der Waals surface area contributed by atoms with Crippen molar-refractivity contribution in [2.75, 3.05) is 6.61 Å². The van der Waals surface area contributed by atoms with Gasteiger partial charge in [-0.15, -0.1) is 0 Å². The van der Waals surface area contributed by atoms with Gasteiger partial charge < -0.3 is 9.53 Å². The molecule has 1 atom stereocenters. The first kappa shape index (κ1) is 16.2. The van der Waals surface area contributed by atoms with Gasteiger partial charge in [0.25, 0.3) is 0 Å². The summed E-state index contributed by atoms with van der Waals surface area (Å²) >= 11 is 0. The largest absolute Gasteiger partial charge is 0.415 e. The minimum Gasteiger partial charge on any atom is -0.415 e. The fourth-order valence-electron chi connectivity index (χ4n) is 3.27. The molecule has 0 bridgehead atoms. The summed E-state index contributed by atoms with van der Waals surface area (Å²) in [6.07, 6.45) is 4.74. The Balaban J connectivity index is 2.79. The number of rotatable bonds is 4. The van der Waals surface area contributed by atoms with Crippen molar-refractivity contribution in [3.63, 3.8) is 0 Å². The Labute approximate surface area is 115 Å². The average Bonchev–Trinajstić information content (AvgIpc) is 2.26. The summed E-state index contributed by atoms with van der Waals surface area (Å²) in [4.78, 5) is 0. The zero-order valence-electron chi connectivity index (χ0n) is 13.1. The normalized spacial score (nSPS) is 29.3. The summed E-state index contributed by atoms with van der Waals surface area (Å²) in [5.41, 5.74) is 0.175. The monoisotopic (exact) mass is 272 g/mol. The van der Waals surface area contributed by atoms with Crippen LogP contribution in [-0.4, -0.2) is 26.4 Å². The summed E-state index contributed by atoms with van der Waals surface area (Å²) in [6, 6.07) is 0. The van der Waals surface area contributed by atoms with E-state index in [9.17, 15) is 5.11 Å². The van der Waals surface area contributed by atoms with Crippen LogP contribution in [0.5, 0.6) is 0 Å². The molecule has 0 aliphatic heterocycles. The van der Waals surface area contributed by atoms with Gasteiger partial charge in [0.15, 0.2) is 9.04 Å². The summed E-state index contributed by atoms with van der Waals surface area (Å²) in [5, 5.41) is 9.26. The van der Waals surface area contributed by atoms with E-state index >= 15 is 0 Å². The van der Waals surface area contributed by atoms with Crippen LogP contribution >= 0.6 is 0 Å². The van der Waals surface area contributed by atoms with E-state index in [1.54, 1.807) is 0 Å². The highest BCUT2D eigenvalue weighted by molar-refractivity contribution is 6.48. The molecule has 1 rings (SSSR count). The van der Waals surface area contributed by atoms with Crippen LogP contribution < -0.4 is 0 Å². The molecule has 1 aliphatic carbocycles. The van der Waals surface area contributed by atoms with Crippen LogP contribution in [0.2, 0.25) is 13.1 Å². The van der Waals surface area contributed by atoms with E-state index in [-0.39, 0.29) is 11.0 Å². The van der Waals surface area contributed by atoms with Crippen LogP contribution in [0.3, 0.4) is 0 Å². The summed E-state index contributed by atoms with van der Waals surface area (Å²) in [5.74, 6) is 1.18. The van der Waals surface area contributed by atoms with Crippen molar-refractivity contribution in [1.29, 1.82) is 0 Å². The molecule has 0 aromatic rings. The molecule has 0 heterocycles. The quantitative estimate of drug-likeness (QED) is 0.793. The second-order valence-electron chi connectivity index (χ2n) is 7.42. The molecular weight excluding hydrogens is 240 g/mol. The maximum atomic E-state index is 9.26. The number of aliphatic hydroxyl groups excluding tert-OH is 1. The highest BCUT2D eigenvalue weighted by Gasteiger charge is 2.46. The Bertz CT molecular complexity index is 252. The van der Waals surface area contributed by atoms with Crippen LogP contribution in [-0.2, 0) is 4.43 Å². The Hall–Kier alpha value is 0.137. The first-order valence-electron chi connectivity index (χ1n) is 7.49. The summed E-state index contributed by atoms with van der Waals surface area (Å²) in [6.45, 7) is 14.1. The summed E-state index contributed by atoms with van der Waals surface area (Å²) < 4.78 is 6.49. The second kappa shape index (κ2) is 6.06. The maximum Gasteiger partial charge on any atom is 0.171 e. The molecule has 0 amide bonds. The van der Waals surface area contributed by atoms with Crippen molar-refractivity contribution in [1.82, 2.24) is 0 Å². The van der Waals surface area contributed by atoms with Gasteiger partial charge >= 0.3 is 0 Å². The van der Waals surface area contributed by atoms with Gasteiger partial charge in [0.05, 0.1) is 5.60 Å². The van der Waals surface area contributed by atoms with Crippen molar-refractivity contribution in [3.05, 3.63) is 0 Å². The van der Waals surface area contributed by atoms with Crippen molar-refractivity contribution in [2.24, 2.45) is 17.3 Å². The van der Waals surface area contributed by atoms with E-state index in [1.807, 2.05) is 0 Å². The Morgan fingerprint density at radius 1 is 1.06 bits per heavy atom. The molecule has 1 saturated carbocycles. The fourth-order valence-corrected chi connectivity index (χ4v) is 4.80. The lowest BCUT2D eigenvalue weighted by atomic mass is 9.64. The lowest BCUT2D eigenvalue weighted by molar-refractivity contribution is -0.0845. The molecule has 1 aliphatic rings. The first-order valence-corrected chi connectivity index (χ1v) is 10.3. The van der Waals surface area contributed by atoms with Gasteiger partial charge in [-0.3, -0.25) is 0 Å². The smallest absolute Gasteiger partial charge is 0.171 e. The van der Waals surface area contributed by atoms with E-state index in [2.05, 4.69) is 40.8 Å². The van der Waals surface area contributed by atoms with Crippen LogP contribution in [0.25, 0.3) is 0 Å². The highest BCUT2D eigenvalue weighted by atomic mass is 28.3. The molecule has 0 aromatic heterocycles. The average molecular weight is 273 g/mol. The Morgan fingerprint density at radius 2 is 1.56 bits per heavy atom. The topological polar surface area (TPSA) is 29.5 Å². The zero-order valence-corrected chi connectivity index (χ0v) is 14.3. The lowest BCUT2D eigenvalue weighted by Crippen LogP contribution is -2.52. The predicted octanol–water partition coefficient (Wildman–Crippen LogP) is 3.59. The molecule has 1 fully saturated rings. The van der Waals surface area contributed by atoms with Gasteiger partial charge in [0.2, 0.25) is 0 Å². The van der Waals surface area contributed by atoms with E-state index < -0.39 is 9.04 Å². The third kappa shape index (κ3) is 3.58. The van der Waals surface area contributed by atoms with Crippen molar-refractivity contribution >= 4 is 9.04 Å². The predicted molar refractivity (Wildman–Crippen MR) is 80.4 cm³/mol. The molecule has 0 aromatic carbocycles. The van der Waals surface area contributed by atoms with Crippen molar-refractivity contribution in [2.45, 2.75) is 72.1 Å². The van der Waals surface area contributed by atoms with Gasteiger partial charge in [0.1, 0.15) is 0 Å². The zero-order chi connectivity index (χ0) is 14.0. The van der Waals surface area contributed by atoms with E-state index in [4.69, 9.17) is 4.43 Å². The Kier molecular flexibility index (Phi) is 5.45. The van der Waals surface area contributed by atoms with E-state index in [1.165, 1.54) is 12.8 Å². The van der Waals surface area contributed by atoms with Crippen LogP contribution in [0.15, 0.2) is 0 Å². The third-order valence-corrected chi connectivity index (χ3v) is 5.81. The van der Waals surface area contributed by atoms with Crippen LogP contribution in [0, 0.1) is 17.3 Å². The molecule has 0 spiro atoms. The molecule has 108 valence electrons. The molecule has 1 unspecified atom stereocenters. The molecule has 0 radical (unpaired) electrons. The minimum atomic E-state index is -1.04. The van der Waals surface area contributed by atoms with Gasteiger partial charge in [-0.2, -0.15) is 0 Å². The highest BCUT2D eigenvalue weighted by Crippen LogP contribution is 2.46. The van der Waals surface area contributed by atoms with Gasteiger partial charge in [-0.25, -0.2) is 0 Å². The molecule has 2 nitrogen and oxygen atoms in total. The molecule has 1 N–H and O–H groups in total. The standard InChI is InChI=1S/C15H32O2Si/c1-14(2,3)15(4,17-18(5)6)13-9-7-12(11-16)8-10-13/h12-13,16,18H,7-11H2,1-6H3/t12-,13-,15?. The minimum absolute atomic E-state index is 0.00614. The van der Waals surface area contributed by atoms with Crippen LogP contribution in [0.4, 0.5) is 0 Å². The van der Waals surface area contributed by atoms with E-state index in [0.717, 1.165) is 12.8 Å². The van der Waals surface area contributed by atoms with Gasteiger partial charge in [0, 0.05) is 6.61 Å². The molecular formula is C15H32O2Si. The van der Waals surface area contributed by atoms with Crippen molar-refractivity contribution < 1.29 is 9.53 Å². The van der Waals surface area contributed by atoms with Crippen molar-refractivity contribution in [3.8, 4) is 0 Å². The van der Waals surface area contributed by atoms with E-state index in [0.29, 0.717) is 18.4 Å². The maximum absolute atomic E-state index is 9.26.